The summed E-state index contributed by atoms with van der Waals surface area (Å²) in [5.74, 6) is 0. The molecule has 0 aliphatic rings. The Morgan fingerprint density at radius 3 is 2.62 bits per heavy atom. The number of hydrogen-bond donors (Lipinski definition) is 0. The molecule has 80 valence electrons. The van der Waals surface area contributed by atoms with Crippen LogP contribution in [0, 0.1) is 6.92 Å². The van der Waals surface area contributed by atoms with E-state index in [1.165, 1.54) is 0 Å². The lowest BCUT2D eigenvalue weighted by Gasteiger charge is -2.06. The van der Waals surface area contributed by atoms with Gasteiger partial charge >= 0.3 is 0 Å². The first kappa shape index (κ1) is 9.15. The molecule has 3 aromatic rings. The lowest BCUT2D eigenvalue weighted by Crippen LogP contribution is -2.20. The fraction of sp³-hybridized carbons (Fsp3) is 0.167. The molecule has 0 bridgehead atoms. The Balaban J connectivity index is 2.73. The number of para-hydroxylation sites is 2. The van der Waals surface area contributed by atoms with Crippen LogP contribution in [0.1, 0.15) is 5.69 Å². The van der Waals surface area contributed by atoms with Gasteiger partial charge in [0.05, 0.1) is 16.7 Å². The number of nitrogens with zero attached hydrogens (tertiary/aromatic N) is 3. The first-order valence-corrected chi connectivity index (χ1v) is 5.12. The van der Waals surface area contributed by atoms with Gasteiger partial charge in [0.15, 0.2) is 0 Å². The van der Waals surface area contributed by atoms with E-state index in [9.17, 15) is 4.79 Å². The minimum Gasteiger partial charge on any atom is -0.307 e. The number of hydrogen-bond acceptors (Lipinski definition) is 2. The molecule has 2 aromatic heterocycles. The summed E-state index contributed by atoms with van der Waals surface area (Å²) in [4.78, 5) is 16.3. The van der Waals surface area contributed by atoms with E-state index < -0.39 is 0 Å². The molecule has 0 aliphatic carbocycles. The summed E-state index contributed by atoms with van der Waals surface area (Å²) in [5.41, 5.74) is 3.19. The van der Waals surface area contributed by atoms with Crippen molar-refractivity contribution in [2.75, 3.05) is 0 Å². The summed E-state index contributed by atoms with van der Waals surface area (Å²) in [5, 5.41) is 0. The minimum atomic E-state index is -0.0631. The number of aromatic nitrogens is 3. The third kappa shape index (κ3) is 1.04. The van der Waals surface area contributed by atoms with Crippen LogP contribution in [0.15, 0.2) is 35.3 Å². The van der Waals surface area contributed by atoms with Crippen molar-refractivity contribution in [3.05, 3.63) is 46.5 Å². The second-order valence-electron chi connectivity index (χ2n) is 3.93. The first-order valence-electron chi connectivity index (χ1n) is 5.12. The molecule has 0 atom stereocenters. The summed E-state index contributed by atoms with van der Waals surface area (Å²) in [6.45, 7) is 1.89. The van der Waals surface area contributed by atoms with Gasteiger partial charge in [-0.2, -0.15) is 0 Å². The van der Waals surface area contributed by atoms with Crippen LogP contribution in [-0.4, -0.2) is 14.0 Å². The molecule has 0 saturated carbocycles. The summed E-state index contributed by atoms with van der Waals surface area (Å²) < 4.78 is 3.49. The van der Waals surface area contributed by atoms with Crippen molar-refractivity contribution in [1.82, 2.24) is 14.0 Å². The van der Waals surface area contributed by atoms with Crippen LogP contribution in [0.3, 0.4) is 0 Å². The molecule has 4 heteroatoms. The van der Waals surface area contributed by atoms with E-state index in [-0.39, 0.29) is 5.56 Å². The van der Waals surface area contributed by atoms with Gasteiger partial charge < -0.3 is 4.57 Å². The Morgan fingerprint density at radius 1 is 1.19 bits per heavy atom. The highest BCUT2D eigenvalue weighted by Crippen LogP contribution is 2.13. The van der Waals surface area contributed by atoms with Crippen LogP contribution in [0.5, 0.6) is 0 Å². The lowest BCUT2D eigenvalue weighted by molar-refractivity contribution is 0.895. The monoisotopic (exact) mass is 213 g/mol. The van der Waals surface area contributed by atoms with E-state index >= 15 is 0 Å². The van der Waals surface area contributed by atoms with E-state index in [0.29, 0.717) is 5.65 Å². The summed E-state index contributed by atoms with van der Waals surface area (Å²) in [6.07, 6.45) is 1.89. The Bertz CT molecular complexity index is 752. The molecule has 0 radical (unpaired) electrons. The van der Waals surface area contributed by atoms with Gasteiger partial charge in [0.25, 0.3) is 5.56 Å². The van der Waals surface area contributed by atoms with Gasteiger partial charge in [0.2, 0.25) is 5.65 Å². The lowest BCUT2D eigenvalue weighted by atomic mass is 10.3. The zero-order chi connectivity index (χ0) is 11.3. The fourth-order valence-electron chi connectivity index (χ4n) is 2.04. The van der Waals surface area contributed by atoms with Crippen LogP contribution >= 0.6 is 0 Å². The van der Waals surface area contributed by atoms with Crippen LogP contribution < -0.4 is 5.56 Å². The normalized spacial score (nSPS) is 11.4. The number of rotatable bonds is 0. The van der Waals surface area contributed by atoms with Crippen molar-refractivity contribution >= 4 is 16.7 Å². The highest BCUT2D eigenvalue weighted by atomic mass is 16.1. The molecule has 0 aliphatic heterocycles. The Labute approximate surface area is 91.8 Å². The van der Waals surface area contributed by atoms with Gasteiger partial charge in [-0.1, -0.05) is 12.1 Å². The molecule has 0 spiro atoms. The quantitative estimate of drug-likeness (QED) is 0.567. The largest absolute Gasteiger partial charge is 0.307 e. The first-order chi connectivity index (χ1) is 7.68. The molecular formula is C12H11N3O. The predicted molar refractivity (Wildman–Crippen MR) is 62.7 cm³/mol. The smallest absolute Gasteiger partial charge is 0.294 e. The third-order valence-corrected chi connectivity index (χ3v) is 2.82. The van der Waals surface area contributed by atoms with Gasteiger partial charge in [-0.05, 0) is 19.1 Å². The van der Waals surface area contributed by atoms with Crippen molar-refractivity contribution in [3.8, 4) is 0 Å². The summed E-state index contributed by atoms with van der Waals surface area (Å²) in [7, 11) is 1.77. The Kier molecular flexibility index (Phi) is 1.68. The van der Waals surface area contributed by atoms with Crippen molar-refractivity contribution in [2.24, 2.45) is 7.05 Å². The molecule has 0 amide bonds. The van der Waals surface area contributed by atoms with Crippen LogP contribution in [0.2, 0.25) is 0 Å². The molecule has 2 heterocycles. The molecule has 0 fully saturated rings. The maximum atomic E-state index is 12.0. The van der Waals surface area contributed by atoms with Crippen molar-refractivity contribution in [3.63, 3.8) is 0 Å². The average molecular weight is 213 g/mol. The maximum Gasteiger partial charge on any atom is 0.294 e. The van der Waals surface area contributed by atoms with Crippen molar-refractivity contribution in [1.29, 1.82) is 0 Å². The topological polar surface area (TPSA) is 39.3 Å². The molecule has 1 aromatic carbocycles. The number of fused-ring (bicyclic) bond motifs is 3. The van der Waals surface area contributed by atoms with E-state index in [1.807, 2.05) is 41.8 Å². The molecule has 0 unspecified atom stereocenters. The SMILES string of the molecule is Cc1cn2c(n1)c(=O)n(C)c1ccccc12. The van der Waals surface area contributed by atoms with Crippen LogP contribution in [0.25, 0.3) is 16.7 Å². The predicted octanol–water partition coefficient (Wildman–Crippen LogP) is 1.49. The van der Waals surface area contributed by atoms with Gasteiger partial charge in [-0.25, -0.2) is 4.98 Å². The van der Waals surface area contributed by atoms with E-state index in [0.717, 1.165) is 16.7 Å². The highest BCUT2D eigenvalue weighted by Gasteiger charge is 2.09. The number of aryl methyl sites for hydroxylation is 2. The molecule has 0 N–H and O–H groups in total. The van der Waals surface area contributed by atoms with E-state index in [2.05, 4.69) is 4.98 Å². The maximum absolute atomic E-state index is 12.0. The van der Waals surface area contributed by atoms with Gasteiger partial charge in [0.1, 0.15) is 0 Å². The van der Waals surface area contributed by atoms with Crippen molar-refractivity contribution in [2.45, 2.75) is 6.92 Å². The van der Waals surface area contributed by atoms with Crippen molar-refractivity contribution < 1.29 is 0 Å². The Morgan fingerprint density at radius 2 is 1.88 bits per heavy atom. The summed E-state index contributed by atoms with van der Waals surface area (Å²) in [6, 6.07) is 7.81. The number of imidazole rings is 1. The third-order valence-electron chi connectivity index (χ3n) is 2.82. The molecular weight excluding hydrogens is 202 g/mol. The second-order valence-corrected chi connectivity index (χ2v) is 3.93. The average Bonchev–Trinajstić information content (AvgIpc) is 2.68. The molecule has 4 nitrogen and oxygen atoms in total. The van der Waals surface area contributed by atoms with Gasteiger partial charge in [0, 0.05) is 13.2 Å². The minimum absolute atomic E-state index is 0.0631. The highest BCUT2D eigenvalue weighted by molar-refractivity contribution is 5.78. The molecule has 0 saturated heterocycles. The molecule has 16 heavy (non-hydrogen) atoms. The van der Waals surface area contributed by atoms with E-state index in [4.69, 9.17) is 0 Å². The van der Waals surface area contributed by atoms with E-state index in [1.54, 1.807) is 11.6 Å². The number of benzene rings is 1. The zero-order valence-electron chi connectivity index (χ0n) is 9.14. The fourth-order valence-corrected chi connectivity index (χ4v) is 2.04. The zero-order valence-corrected chi connectivity index (χ0v) is 9.14. The van der Waals surface area contributed by atoms with Crippen LogP contribution in [0.4, 0.5) is 0 Å². The Hall–Kier alpha value is -2.10. The van der Waals surface area contributed by atoms with Gasteiger partial charge in [-0.3, -0.25) is 9.20 Å². The summed E-state index contributed by atoms with van der Waals surface area (Å²) >= 11 is 0. The second kappa shape index (κ2) is 2.95. The van der Waals surface area contributed by atoms with Gasteiger partial charge in [-0.15, -0.1) is 0 Å². The van der Waals surface area contributed by atoms with Crippen LogP contribution in [-0.2, 0) is 7.05 Å². The molecule has 3 rings (SSSR count). The standard InChI is InChI=1S/C12H11N3O/c1-8-7-15-10-6-4-3-5-9(10)14(2)12(16)11(15)13-8/h3-7H,1-2H3.